The fraction of sp³-hybridized carbons (Fsp3) is 0.250. The lowest BCUT2D eigenvalue weighted by atomic mass is 10.2. The summed E-state index contributed by atoms with van der Waals surface area (Å²) in [6, 6.07) is 8.20. The second kappa shape index (κ2) is 8.72. The molecule has 1 amide bonds. The Morgan fingerprint density at radius 2 is 1.96 bits per heavy atom. The molecule has 122 valence electrons. The minimum absolute atomic E-state index is 0.259. The number of aromatic nitrogens is 1. The van der Waals surface area contributed by atoms with Crippen LogP contribution in [0.1, 0.15) is 16.8 Å². The Labute approximate surface area is 145 Å². The molecule has 0 aliphatic rings. The zero-order valence-corrected chi connectivity index (χ0v) is 14.1. The summed E-state index contributed by atoms with van der Waals surface area (Å²) >= 11 is 11.8. The minimum Gasteiger partial charge on any atom is -0.385 e. The van der Waals surface area contributed by atoms with Crippen LogP contribution in [-0.2, 0) is 4.74 Å². The van der Waals surface area contributed by atoms with E-state index in [4.69, 9.17) is 27.9 Å². The van der Waals surface area contributed by atoms with Crippen molar-refractivity contribution in [1.29, 1.82) is 0 Å². The van der Waals surface area contributed by atoms with E-state index in [1.807, 2.05) is 0 Å². The molecule has 2 aromatic rings. The van der Waals surface area contributed by atoms with Gasteiger partial charge in [-0.15, -0.1) is 0 Å². The second-order valence-electron chi connectivity index (χ2n) is 4.82. The van der Waals surface area contributed by atoms with Crippen LogP contribution in [0.4, 0.5) is 11.5 Å². The van der Waals surface area contributed by atoms with Gasteiger partial charge in [0.05, 0.1) is 0 Å². The SMILES string of the molecule is COCCCNc1cc(C(=O)Nc2cc(Cl)cc(Cl)c2)ccn1. The largest absolute Gasteiger partial charge is 0.385 e. The number of carbonyl (C=O) groups excluding carboxylic acids is 1. The molecule has 0 bridgehead atoms. The van der Waals surface area contributed by atoms with E-state index in [-0.39, 0.29) is 5.91 Å². The summed E-state index contributed by atoms with van der Waals surface area (Å²) in [5.74, 6) is 0.378. The van der Waals surface area contributed by atoms with E-state index >= 15 is 0 Å². The lowest BCUT2D eigenvalue weighted by Gasteiger charge is -2.09. The normalized spacial score (nSPS) is 10.4. The highest BCUT2D eigenvalue weighted by atomic mass is 35.5. The van der Waals surface area contributed by atoms with Crippen molar-refractivity contribution >= 4 is 40.6 Å². The first-order valence-corrected chi connectivity index (χ1v) is 7.80. The van der Waals surface area contributed by atoms with Crippen molar-refractivity contribution < 1.29 is 9.53 Å². The number of hydrogen-bond donors (Lipinski definition) is 2. The number of pyridine rings is 1. The van der Waals surface area contributed by atoms with Gasteiger partial charge in [0.2, 0.25) is 0 Å². The predicted octanol–water partition coefficient (Wildman–Crippen LogP) is 4.09. The second-order valence-corrected chi connectivity index (χ2v) is 5.69. The van der Waals surface area contributed by atoms with Gasteiger partial charge in [-0.25, -0.2) is 4.98 Å². The Hall–Kier alpha value is -1.82. The lowest BCUT2D eigenvalue weighted by molar-refractivity contribution is 0.102. The van der Waals surface area contributed by atoms with Crippen LogP contribution in [0.25, 0.3) is 0 Å². The van der Waals surface area contributed by atoms with Crippen LogP contribution in [0.5, 0.6) is 0 Å². The van der Waals surface area contributed by atoms with E-state index in [0.717, 1.165) is 13.0 Å². The van der Waals surface area contributed by atoms with Crippen LogP contribution in [-0.4, -0.2) is 31.2 Å². The van der Waals surface area contributed by atoms with Gasteiger partial charge in [0, 0.05) is 47.8 Å². The fourth-order valence-corrected chi connectivity index (χ4v) is 2.46. The van der Waals surface area contributed by atoms with E-state index < -0.39 is 0 Å². The Bertz CT molecular complexity index is 660. The highest BCUT2D eigenvalue weighted by Gasteiger charge is 2.08. The van der Waals surface area contributed by atoms with Crippen LogP contribution in [0.15, 0.2) is 36.5 Å². The third kappa shape index (κ3) is 5.71. The highest BCUT2D eigenvalue weighted by Crippen LogP contribution is 2.23. The van der Waals surface area contributed by atoms with Gasteiger partial charge in [0.25, 0.3) is 5.91 Å². The van der Waals surface area contributed by atoms with Gasteiger partial charge < -0.3 is 15.4 Å². The zero-order valence-electron chi connectivity index (χ0n) is 12.6. The first-order valence-electron chi connectivity index (χ1n) is 7.05. The number of rotatable bonds is 7. The van der Waals surface area contributed by atoms with Gasteiger partial charge in [-0.1, -0.05) is 23.2 Å². The molecule has 0 saturated carbocycles. The van der Waals surface area contributed by atoms with Gasteiger partial charge in [-0.2, -0.15) is 0 Å². The van der Waals surface area contributed by atoms with Crippen LogP contribution in [0, 0.1) is 0 Å². The zero-order chi connectivity index (χ0) is 16.7. The lowest BCUT2D eigenvalue weighted by Crippen LogP contribution is -2.13. The Morgan fingerprint density at radius 3 is 2.65 bits per heavy atom. The van der Waals surface area contributed by atoms with Crippen molar-refractivity contribution in [3.8, 4) is 0 Å². The molecule has 1 heterocycles. The highest BCUT2D eigenvalue weighted by molar-refractivity contribution is 6.35. The number of anilines is 2. The topological polar surface area (TPSA) is 63.2 Å². The van der Waals surface area contributed by atoms with Crippen molar-refractivity contribution in [3.63, 3.8) is 0 Å². The minimum atomic E-state index is -0.259. The number of methoxy groups -OCH3 is 1. The van der Waals surface area contributed by atoms with E-state index in [1.165, 1.54) is 0 Å². The monoisotopic (exact) mass is 353 g/mol. The maximum atomic E-state index is 12.3. The quantitative estimate of drug-likeness (QED) is 0.735. The average Bonchev–Trinajstić information content (AvgIpc) is 2.51. The summed E-state index contributed by atoms with van der Waals surface area (Å²) in [6.07, 6.45) is 2.44. The molecule has 23 heavy (non-hydrogen) atoms. The molecule has 2 rings (SSSR count). The number of amides is 1. The molecule has 0 aliphatic carbocycles. The summed E-state index contributed by atoms with van der Waals surface area (Å²) in [5, 5.41) is 6.83. The van der Waals surface area contributed by atoms with E-state index in [1.54, 1.807) is 43.6 Å². The standard InChI is InChI=1S/C16H17Cl2N3O2/c1-23-6-2-4-19-15-7-11(3-5-20-15)16(22)21-14-9-12(17)8-13(18)10-14/h3,5,7-10H,2,4,6H2,1H3,(H,19,20)(H,21,22). The number of ether oxygens (including phenoxy) is 1. The average molecular weight is 354 g/mol. The number of carbonyl (C=O) groups is 1. The van der Waals surface area contributed by atoms with Gasteiger partial charge in [0.15, 0.2) is 0 Å². The summed E-state index contributed by atoms with van der Waals surface area (Å²) in [5.41, 5.74) is 1.03. The van der Waals surface area contributed by atoms with Gasteiger partial charge in [-0.05, 0) is 36.8 Å². The molecule has 7 heteroatoms. The number of nitrogens with one attached hydrogen (secondary N) is 2. The molecule has 1 aromatic carbocycles. The Balaban J connectivity index is 2.01. The van der Waals surface area contributed by atoms with Crippen molar-refractivity contribution in [2.45, 2.75) is 6.42 Å². The molecule has 1 aromatic heterocycles. The maximum Gasteiger partial charge on any atom is 0.255 e. The molecule has 0 aliphatic heterocycles. The predicted molar refractivity (Wildman–Crippen MR) is 93.6 cm³/mol. The third-order valence-corrected chi connectivity index (χ3v) is 3.41. The Kier molecular flexibility index (Phi) is 6.65. The summed E-state index contributed by atoms with van der Waals surface area (Å²) < 4.78 is 4.98. The van der Waals surface area contributed by atoms with Crippen LogP contribution in [0.3, 0.4) is 0 Å². The van der Waals surface area contributed by atoms with Crippen LogP contribution >= 0.6 is 23.2 Å². The molecule has 5 nitrogen and oxygen atoms in total. The summed E-state index contributed by atoms with van der Waals surface area (Å²) in [7, 11) is 1.66. The van der Waals surface area contributed by atoms with E-state index in [0.29, 0.717) is 33.7 Å². The molecule has 2 N–H and O–H groups in total. The maximum absolute atomic E-state index is 12.3. The molecule has 0 unspecified atom stereocenters. The molecular weight excluding hydrogens is 337 g/mol. The molecule has 0 radical (unpaired) electrons. The number of benzene rings is 1. The molecule has 0 fully saturated rings. The Morgan fingerprint density at radius 1 is 1.22 bits per heavy atom. The summed E-state index contributed by atoms with van der Waals surface area (Å²) in [4.78, 5) is 16.5. The summed E-state index contributed by atoms with van der Waals surface area (Å²) in [6.45, 7) is 1.39. The number of halogens is 2. The number of nitrogens with zero attached hydrogens (tertiary/aromatic N) is 1. The number of hydrogen-bond acceptors (Lipinski definition) is 4. The third-order valence-electron chi connectivity index (χ3n) is 2.97. The van der Waals surface area contributed by atoms with E-state index in [9.17, 15) is 4.79 Å². The van der Waals surface area contributed by atoms with E-state index in [2.05, 4.69) is 15.6 Å². The molecule has 0 spiro atoms. The van der Waals surface area contributed by atoms with Gasteiger partial charge >= 0.3 is 0 Å². The smallest absolute Gasteiger partial charge is 0.255 e. The van der Waals surface area contributed by atoms with Crippen molar-refractivity contribution in [3.05, 3.63) is 52.1 Å². The first kappa shape index (κ1) is 17.5. The van der Waals surface area contributed by atoms with Crippen molar-refractivity contribution in [1.82, 2.24) is 4.98 Å². The molecular formula is C16H17Cl2N3O2. The van der Waals surface area contributed by atoms with Crippen LogP contribution < -0.4 is 10.6 Å². The molecule has 0 atom stereocenters. The van der Waals surface area contributed by atoms with Crippen molar-refractivity contribution in [2.75, 3.05) is 30.9 Å². The molecule has 0 saturated heterocycles. The van der Waals surface area contributed by atoms with Crippen molar-refractivity contribution in [2.24, 2.45) is 0 Å². The first-order chi connectivity index (χ1) is 11.1. The fourth-order valence-electron chi connectivity index (χ4n) is 1.93. The van der Waals surface area contributed by atoms with Crippen LogP contribution in [0.2, 0.25) is 10.0 Å². The van der Waals surface area contributed by atoms with Gasteiger partial charge in [0.1, 0.15) is 5.82 Å². The van der Waals surface area contributed by atoms with Gasteiger partial charge in [-0.3, -0.25) is 4.79 Å².